The summed E-state index contributed by atoms with van der Waals surface area (Å²) >= 11 is 6.30. The standard InChI is InChI=1S/C22H26ClN5O2/c1-13(2)21-26-19(30-27-21)5-4-10-24-22(29)17-12-25-28(20(17)15-7-8-15)16-9-6-14(3)18(23)11-16/h6,9,11-13,15H,4-5,7-8,10H2,1-3H3,(H,24,29). The average molecular weight is 428 g/mol. The molecule has 0 saturated heterocycles. The van der Waals surface area contributed by atoms with E-state index < -0.39 is 0 Å². The lowest BCUT2D eigenvalue weighted by Gasteiger charge is -2.10. The fourth-order valence-electron chi connectivity index (χ4n) is 3.34. The third-order valence-electron chi connectivity index (χ3n) is 5.27. The number of hydrogen-bond acceptors (Lipinski definition) is 5. The van der Waals surface area contributed by atoms with Gasteiger partial charge in [-0.15, -0.1) is 0 Å². The zero-order chi connectivity index (χ0) is 21.3. The Kier molecular flexibility index (Phi) is 5.90. The van der Waals surface area contributed by atoms with Crippen molar-refractivity contribution >= 4 is 17.5 Å². The largest absolute Gasteiger partial charge is 0.352 e. The van der Waals surface area contributed by atoms with Gasteiger partial charge in [0.25, 0.3) is 5.91 Å². The molecule has 1 N–H and O–H groups in total. The zero-order valence-corrected chi connectivity index (χ0v) is 18.2. The van der Waals surface area contributed by atoms with Crippen LogP contribution >= 0.6 is 11.6 Å². The second-order valence-electron chi connectivity index (χ2n) is 8.12. The van der Waals surface area contributed by atoms with Crippen LogP contribution in [-0.4, -0.2) is 32.4 Å². The minimum Gasteiger partial charge on any atom is -0.352 e. The van der Waals surface area contributed by atoms with Crippen LogP contribution in [-0.2, 0) is 6.42 Å². The molecule has 158 valence electrons. The van der Waals surface area contributed by atoms with E-state index in [1.165, 1.54) is 0 Å². The van der Waals surface area contributed by atoms with Gasteiger partial charge < -0.3 is 9.84 Å². The molecule has 0 unspecified atom stereocenters. The number of nitrogens with zero attached hydrogens (tertiary/aromatic N) is 4. The number of benzene rings is 1. The van der Waals surface area contributed by atoms with Crippen molar-refractivity contribution in [1.29, 1.82) is 0 Å². The molecule has 2 aromatic heterocycles. The molecule has 3 aromatic rings. The number of nitrogens with one attached hydrogen (secondary N) is 1. The van der Waals surface area contributed by atoms with Crippen LogP contribution in [0.15, 0.2) is 28.9 Å². The molecule has 0 radical (unpaired) electrons. The molecular formula is C22H26ClN5O2. The van der Waals surface area contributed by atoms with E-state index in [0.717, 1.165) is 36.2 Å². The van der Waals surface area contributed by atoms with Crippen LogP contribution in [0.3, 0.4) is 0 Å². The molecule has 2 heterocycles. The summed E-state index contributed by atoms with van der Waals surface area (Å²) in [4.78, 5) is 17.2. The summed E-state index contributed by atoms with van der Waals surface area (Å²) in [5.41, 5.74) is 3.49. The number of amides is 1. The van der Waals surface area contributed by atoms with Gasteiger partial charge in [0.1, 0.15) is 0 Å². The van der Waals surface area contributed by atoms with E-state index in [0.29, 0.717) is 41.2 Å². The smallest absolute Gasteiger partial charge is 0.254 e. The molecule has 0 atom stereocenters. The van der Waals surface area contributed by atoms with E-state index >= 15 is 0 Å². The van der Waals surface area contributed by atoms with Crippen molar-refractivity contribution in [2.75, 3.05) is 6.54 Å². The zero-order valence-electron chi connectivity index (χ0n) is 17.5. The molecule has 0 aliphatic heterocycles. The van der Waals surface area contributed by atoms with Crippen LogP contribution in [0, 0.1) is 6.92 Å². The summed E-state index contributed by atoms with van der Waals surface area (Å²) in [6.07, 6.45) is 5.16. The summed E-state index contributed by atoms with van der Waals surface area (Å²) < 4.78 is 7.10. The molecule has 0 spiro atoms. The first kappa shape index (κ1) is 20.6. The van der Waals surface area contributed by atoms with Gasteiger partial charge in [-0.1, -0.05) is 36.7 Å². The molecule has 4 rings (SSSR count). The first-order valence-corrected chi connectivity index (χ1v) is 10.8. The summed E-state index contributed by atoms with van der Waals surface area (Å²) in [6, 6.07) is 5.85. The summed E-state index contributed by atoms with van der Waals surface area (Å²) in [6.45, 7) is 6.55. The van der Waals surface area contributed by atoms with E-state index in [9.17, 15) is 4.79 Å². The number of hydrogen-bond donors (Lipinski definition) is 1. The minimum absolute atomic E-state index is 0.102. The Hall–Kier alpha value is -2.67. The third kappa shape index (κ3) is 4.41. The number of halogens is 1. The lowest BCUT2D eigenvalue weighted by atomic mass is 10.1. The van der Waals surface area contributed by atoms with Gasteiger partial charge in [0.05, 0.1) is 23.1 Å². The predicted molar refractivity (Wildman–Crippen MR) is 114 cm³/mol. The highest BCUT2D eigenvalue weighted by molar-refractivity contribution is 6.31. The van der Waals surface area contributed by atoms with Gasteiger partial charge in [-0.25, -0.2) is 4.68 Å². The van der Waals surface area contributed by atoms with Gasteiger partial charge in [-0.2, -0.15) is 10.1 Å². The normalized spacial score (nSPS) is 13.8. The topological polar surface area (TPSA) is 85.8 Å². The highest BCUT2D eigenvalue weighted by atomic mass is 35.5. The van der Waals surface area contributed by atoms with E-state index in [4.69, 9.17) is 16.1 Å². The van der Waals surface area contributed by atoms with Crippen molar-refractivity contribution in [3.63, 3.8) is 0 Å². The Labute approximate surface area is 180 Å². The van der Waals surface area contributed by atoms with E-state index in [1.807, 2.05) is 43.7 Å². The third-order valence-corrected chi connectivity index (χ3v) is 5.68. The average Bonchev–Trinajstić information content (AvgIpc) is 3.27. The second-order valence-corrected chi connectivity index (χ2v) is 8.53. The second kappa shape index (κ2) is 8.60. The quantitative estimate of drug-likeness (QED) is 0.532. The van der Waals surface area contributed by atoms with Crippen molar-refractivity contribution in [2.24, 2.45) is 0 Å². The monoisotopic (exact) mass is 427 g/mol. The lowest BCUT2D eigenvalue weighted by Crippen LogP contribution is -2.25. The Morgan fingerprint density at radius 3 is 2.83 bits per heavy atom. The van der Waals surface area contributed by atoms with Crippen molar-refractivity contribution < 1.29 is 9.32 Å². The lowest BCUT2D eigenvalue weighted by molar-refractivity contribution is 0.0952. The molecule has 1 aliphatic rings. The van der Waals surface area contributed by atoms with Crippen LogP contribution in [0.25, 0.3) is 5.69 Å². The molecule has 8 heteroatoms. The van der Waals surface area contributed by atoms with Crippen LogP contribution < -0.4 is 5.32 Å². The van der Waals surface area contributed by atoms with Gasteiger partial charge in [0, 0.05) is 29.8 Å². The van der Waals surface area contributed by atoms with Crippen LogP contribution in [0.2, 0.25) is 5.02 Å². The number of aromatic nitrogens is 4. The summed E-state index contributed by atoms with van der Waals surface area (Å²) in [5, 5.41) is 12.2. The van der Waals surface area contributed by atoms with Gasteiger partial charge in [0.2, 0.25) is 5.89 Å². The minimum atomic E-state index is -0.102. The van der Waals surface area contributed by atoms with Gasteiger partial charge >= 0.3 is 0 Å². The van der Waals surface area contributed by atoms with E-state index in [2.05, 4.69) is 20.6 Å². The molecule has 30 heavy (non-hydrogen) atoms. The fourth-order valence-corrected chi connectivity index (χ4v) is 3.52. The number of rotatable bonds is 8. The maximum absolute atomic E-state index is 12.8. The Morgan fingerprint density at radius 1 is 1.37 bits per heavy atom. The number of carbonyl (C=O) groups is 1. The molecule has 0 bridgehead atoms. The molecule has 1 fully saturated rings. The number of carbonyl (C=O) groups excluding carboxylic acids is 1. The predicted octanol–water partition coefficient (Wildman–Crippen LogP) is 4.58. The van der Waals surface area contributed by atoms with Crippen LogP contribution in [0.4, 0.5) is 0 Å². The first-order valence-electron chi connectivity index (χ1n) is 10.4. The highest BCUT2D eigenvalue weighted by Gasteiger charge is 2.33. The van der Waals surface area contributed by atoms with E-state index in [-0.39, 0.29) is 11.8 Å². The molecule has 1 amide bonds. The SMILES string of the molecule is Cc1ccc(-n2ncc(C(=O)NCCCc3nc(C(C)C)no3)c2C2CC2)cc1Cl. The summed E-state index contributed by atoms with van der Waals surface area (Å²) in [5.74, 6) is 1.82. The van der Waals surface area contributed by atoms with Crippen LogP contribution in [0.1, 0.15) is 78.3 Å². The van der Waals surface area contributed by atoms with Gasteiger partial charge in [-0.05, 0) is 43.9 Å². The van der Waals surface area contributed by atoms with Crippen molar-refractivity contribution in [1.82, 2.24) is 25.2 Å². The molecule has 1 aliphatic carbocycles. The van der Waals surface area contributed by atoms with Crippen LogP contribution in [0.5, 0.6) is 0 Å². The highest BCUT2D eigenvalue weighted by Crippen LogP contribution is 2.42. The Morgan fingerprint density at radius 2 is 2.17 bits per heavy atom. The van der Waals surface area contributed by atoms with Gasteiger partial charge in [-0.3, -0.25) is 4.79 Å². The number of aryl methyl sites for hydroxylation is 2. The van der Waals surface area contributed by atoms with Crippen molar-refractivity contribution in [3.8, 4) is 5.69 Å². The Balaban J connectivity index is 1.41. The summed E-state index contributed by atoms with van der Waals surface area (Å²) in [7, 11) is 0. The first-order chi connectivity index (χ1) is 14.4. The maximum atomic E-state index is 12.8. The van der Waals surface area contributed by atoms with Crippen molar-refractivity contribution in [3.05, 3.63) is 58.0 Å². The maximum Gasteiger partial charge on any atom is 0.254 e. The van der Waals surface area contributed by atoms with Gasteiger partial charge in [0.15, 0.2) is 5.82 Å². The molecule has 1 aromatic carbocycles. The van der Waals surface area contributed by atoms with Crippen molar-refractivity contribution in [2.45, 2.75) is 58.3 Å². The molecule has 1 saturated carbocycles. The molecular weight excluding hydrogens is 402 g/mol. The molecule has 7 nitrogen and oxygen atoms in total. The Bertz CT molecular complexity index is 1050. The van der Waals surface area contributed by atoms with E-state index in [1.54, 1.807) is 6.20 Å². The fraction of sp³-hybridized carbons (Fsp3) is 0.455.